The minimum atomic E-state index is -0.504. The van der Waals surface area contributed by atoms with Gasteiger partial charge in [0, 0.05) is 18.7 Å². The Balaban J connectivity index is 2.17. The second kappa shape index (κ2) is 4.94. The number of rotatable bonds is 1. The van der Waals surface area contributed by atoms with Crippen molar-refractivity contribution in [1.29, 1.82) is 0 Å². The van der Waals surface area contributed by atoms with Crippen LogP contribution in [-0.4, -0.2) is 36.1 Å². The largest absolute Gasteiger partial charge is 0.396 e. The summed E-state index contributed by atoms with van der Waals surface area (Å²) in [5, 5.41) is 0. The Morgan fingerprint density at radius 3 is 2.56 bits per heavy atom. The molecule has 1 fully saturated rings. The van der Waals surface area contributed by atoms with E-state index >= 15 is 0 Å². The smallest absolute Gasteiger partial charge is 0.254 e. The van der Waals surface area contributed by atoms with E-state index in [9.17, 15) is 9.18 Å². The molecule has 1 heterocycles. The fourth-order valence-corrected chi connectivity index (χ4v) is 2.20. The highest BCUT2D eigenvalue weighted by Crippen LogP contribution is 2.17. The molecule has 4 nitrogen and oxygen atoms in total. The first-order chi connectivity index (χ1) is 8.47. The average Bonchev–Trinajstić information content (AvgIpc) is 2.30. The monoisotopic (exact) mass is 252 g/mol. The number of hydrogen-bond acceptors (Lipinski definition) is 3. The highest BCUT2D eigenvalue weighted by atomic mass is 19.1. The molecule has 2 rings (SSSR count). The van der Waals surface area contributed by atoms with Crippen LogP contribution >= 0.6 is 0 Å². The molecule has 1 saturated heterocycles. The van der Waals surface area contributed by atoms with Crippen molar-refractivity contribution < 1.29 is 13.9 Å². The zero-order valence-corrected chi connectivity index (χ0v) is 10.5. The van der Waals surface area contributed by atoms with Gasteiger partial charge in [0.1, 0.15) is 5.82 Å². The van der Waals surface area contributed by atoms with Crippen molar-refractivity contribution >= 4 is 11.6 Å². The highest BCUT2D eigenvalue weighted by molar-refractivity contribution is 5.95. The van der Waals surface area contributed by atoms with E-state index in [0.717, 1.165) is 0 Å². The lowest BCUT2D eigenvalue weighted by Crippen LogP contribution is -2.48. The molecule has 0 bridgehead atoms. The summed E-state index contributed by atoms with van der Waals surface area (Å²) < 4.78 is 18.6. The third-order valence-corrected chi connectivity index (χ3v) is 2.95. The Morgan fingerprint density at radius 2 is 2.00 bits per heavy atom. The Hall–Kier alpha value is -1.62. The van der Waals surface area contributed by atoms with Crippen molar-refractivity contribution in [1.82, 2.24) is 4.90 Å². The maximum Gasteiger partial charge on any atom is 0.254 e. The van der Waals surface area contributed by atoms with Crippen LogP contribution < -0.4 is 5.73 Å². The van der Waals surface area contributed by atoms with Crippen LogP contribution in [0.25, 0.3) is 0 Å². The zero-order chi connectivity index (χ0) is 13.3. The van der Waals surface area contributed by atoms with E-state index in [2.05, 4.69) is 0 Å². The number of nitrogens with two attached hydrogens (primary N) is 1. The minimum Gasteiger partial charge on any atom is -0.396 e. The predicted octanol–water partition coefficient (Wildman–Crippen LogP) is 1.66. The predicted molar refractivity (Wildman–Crippen MR) is 66.7 cm³/mol. The minimum absolute atomic E-state index is 0.00444. The van der Waals surface area contributed by atoms with Crippen molar-refractivity contribution in [2.75, 3.05) is 18.8 Å². The first kappa shape index (κ1) is 12.8. The van der Waals surface area contributed by atoms with Crippen molar-refractivity contribution in [3.8, 4) is 0 Å². The van der Waals surface area contributed by atoms with Gasteiger partial charge in [-0.3, -0.25) is 4.79 Å². The number of halogens is 1. The molecule has 2 atom stereocenters. The summed E-state index contributed by atoms with van der Waals surface area (Å²) in [5.74, 6) is -0.640. The van der Waals surface area contributed by atoms with Crippen LogP contribution in [0.2, 0.25) is 0 Å². The van der Waals surface area contributed by atoms with E-state index in [1.165, 1.54) is 18.2 Å². The lowest BCUT2D eigenvalue weighted by atomic mass is 10.1. The molecule has 2 N–H and O–H groups in total. The summed E-state index contributed by atoms with van der Waals surface area (Å²) in [6.07, 6.45) is 0.0194. The van der Waals surface area contributed by atoms with Crippen LogP contribution in [0.15, 0.2) is 18.2 Å². The number of anilines is 1. The van der Waals surface area contributed by atoms with Crippen LogP contribution in [0.1, 0.15) is 24.2 Å². The van der Waals surface area contributed by atoms with Gasteiger partial charge in [-0.2, -0.15) is 0 Å². The first-order valence-electron chi connectivity index (χ1n) is 5.97. The van der Waals surface area contributed by atoms with Gasteiger partial charge in [0.25, 0.3) is 5.91 Å². The van der Waals surface area contributed by atoms with E-state index < -0.39 is 5.82 Å². The van der Waals surface area contributed by atoms with Crippen molar-refractivity contribution in [3.63, 3.8) is 0 Å². The summed E-state index contributed by atoms with van der Waals surface area (Å²) in [4.78, 5) is 14.0. The Labute approximate surface area is 106 Å². The van der Waals surface area contributed by atoms with E-state index in [1.54, 1.807) is 4.90 Å². The van der Waals surface area contributed by atoms with Crippen LogP contribution in [-0.2, 0) is 4.74 Å². The van der Waals surface area contributed by atoms with Gasteiger partial charge in [0.15, 0.2) is 0 Å². The van der Waals surface area contributed by atoms with E-state index in [4.69, 9.17) is 10.5 Å². The number of nitrogens with zero attached hydrogens (tertiary/aromatic N) is 1. The van der Waals surface area contributed by atoms with Crippen molar-refractivity contribution in [2.45, 2.75) is 26.1 Å². The number of carbonyl (C=O) groups excluding carboxylic acids is 1. The molecule has 1 aliphatic heterocycles. The standard InChI is InChI=1S/C13H17FN2O2/c1-8-6-16(7-9(2)18-8)13(17)10-3-4-11(14)12(15)5-10/h3-5,8-9H,6-7,15H2,1-2H3/t8-,9+. The molecule has 0 aliphatic carbocycles. The van der Waals surface area contributed by atoms with Crippen LogP contribution in [0.4, 0.5) is 10.1 Å². The molecule has 1 aromatic rings. The van der Waals surface area contributed by atoms with E-state index in [-0.39, 0.29) is 23.8 Å². The molecule has 0 radical (unpaired) electrons. The number of hydrogen-bond donors (Lipinski definition) is 1. The number of nitrogen functional groups attached to an aromatic ring is 1. The van der Waals surface area contributed by atoms with Gasteiger partial charge in [-0.25, -0.2) is 4.39 Å². The molecule has 1 amide bonds. The number of ether oxygens (including phenoxy) is 1. The molecule has 98 valence electrons. The summed E-state index contributed by atoms with van der Waals surface area (Å²) in [6, 6.07) is 4.05. The third-order valence-electron chi connectivity index (χ3n) is 2.95. The number of benzene rings is 1. The molecule has 0 aromatic heterocycles. The fraction of sp³-hybridized carbons (Fsp3) is 0.462. The Morgan fingerprint density at radius 1 is 1.39 bits per heavy atom. The second-order valence-electron chi connectivity index (χ2n) is 4.70. The van der Waals surface area contributed by atoms with E-state index in [1.807, 2.05) is 13.8 Å². The number of carbonyl (C=O) groups is 1. The van der Waals surface area contributed by atoms with Gasteiger partial charge in [0.05, 0.1) is 17.9 Å². The van der Waals surface area contributed by atoms with Gasteiger partial charge in [-0.15, -0.1) is 0 Å². The lowest BCUT2D eigenvalue weighted by molar-refractivity contribution is -0.0586. The fourth-order valence-electron chi connectivity index (χ4n) is 2.20. The molecule has 18 heavy (non-hydrogen) atoms. The summed E-state index contributed by atoms with van der Waals surface area (Å²) in [7, 11) is 0. The molecular formula is C13H17FN2O2. The summed E-state index contributed by atoms with van der Waals surface area (Å²) in [5.41, 5.74) is 5.88. The van der Waals surface area contributed by atoms with Gasteiger partial charge >= 0.3 is 0 Å². The van der Waals surface area contributed by atoms with Crippen LogP contribution in [0.5, 0.6) is 0 Å². The Bertz CT molecular complexity index is 454. The third kappa shape index (κ3) is 2.61. The molecule has 0 spiro atoms. The summed E-state index contributed by atoms with van der Waals surface area (Å²) in [6.45, 7) is 4.94. The molecular weight excluding hydrogens is 235 g/mol. The zero-order valence-electron chi connectivity index (χ0n) is 10.5. The molecule has 5 heteroatoms. The SMILES string of the molecule is C[C@@H]1CN(C(=O)c2ccc(F)c(N)c2)C[C@H](C)O1. The lowest BCUT2D eigenvalue weighted by Gasteiger charge is -2.35. The van der Waals surface area contributed by atoms with E-state index in [0.29, 0.717) is 18.7 Å². The molecule has 0 unspecified atom stereocenters. The Kier molecular flexibility index (Phi) is 3.52. The first-order valence-corrected chi connectivity index (χ1v) is 5.97. The number of morpholine rings is 1. The second-order valence-corrected chi connectivity index (χ2v) is 4.70. The highest BCUT2D eigenvalue weighted by Gasteiger charge is 2.26. The molecule has 1 aliphatic rings. The summed E-state index contributed by atoms with van der Waals surface area (Å²) >= 11 is 0. The molecule has 1 aromatic carbocycles. The van der Waals surface area contributed by atoms with Gasteiger partial charge < -0.3 is 15.4 Å². The quantitative estimate of drug-likeness (QED) is 0.773. The molecule has 0 saturated carbocycles. The van der Waals surface area contributed by atoms with Gasteiger partial charge in [-0.05, 0) is 32.0 Å². The van der Waals surface area contributed by atoms with Gasteiger partial charge in [-0.1, -0.05) is 0 Å². The number of amides is 1. The average molecular weight is 252 g/mol. The van der Waals surface area contributed by atoms with Crippen LogP contribution in [0.3, 0.4) is 0 Å². The van der Waals surface area contributed by atoms with Crippen molar-refractivity contribution in [3.05, 3.63) is 29.6 Å². The maximum atomic E-state index is 13.1. The van der Waals surface area contributed by atoms with Gasteiger partial charge in [0.2, 0.25) is 0 Å². The topological polar surface area (TPSA) is 55.6 Å². The van der Waals surface area contributed by atoms with Crippen molar-refractivity contribution in [2.24, 2.45) is 0 Å². The van der Waals surface area contributed by atoms with Crippen LogP contribution in [0, 0.1) is 5.82 Å². The maximum absolute atomic E-state index is 13.1. The normalized spacial score (nSPS) is 24.1.